The lowest BCUT2D eigenvalue weighted by Gasteiger charge is -2.70. The molecular formula is C32H50O5. The molecule has 0 unspecified atom stereocenters. The van der Waals surface area contributed by atoms with Crippen molar-refractivity contribution in [2.45, 2.75) is 99.0 Å². The van der Waals surface area contributed by atoms with E-state index in [9.17, 15) is 14.7 Å². The number of methoxy groups -OCH3 is 2. The zero-order valence-electron chi connectivity index (χ0n) is 24.5. The van der Waals surface area contributed by atoms with Crippen LogP contribution in [0.2, 0.25) is 0 Å². The third-order valence-corrected chi connectivity index (χ3v) is 13.9. The van der Waals surface area contributed by atoms with E-state index in [-0.39, 0.29) is 45.4 Å². The Kier molecular flexibility index (Phi) is 6.12. The predicted octanol–water partition coefficient (Wildman–Crippen LogP) is 6.19. The van der Waals surface area contributed by atoms with E-state index in [0.717, 1.165) is 51.4 Å². The van der Waals surface area contributed by atoms with Gasteiger partial charge in [-0.1, -0.05) is 46.8 Å². The van der Waals surface area contributed by atoms with Crippen molar-refractivity contribution in [1.29, 1.82) is 0 Å². The Hall–Kier alpha value is -1.36. The Morgan fingerprint density at radius 2 is 1.51 bits per heavy atom. The van der Waals surface area contributed by atoms with E-state index in [4.69, 9.17) is 9.47 Å². The predicted molar refractivity (Wildman–Crippen MR) is 143 cm³/mol. The summed E-state index contributed by atoms with van der Waals surface area (Å²) in [5.74, 6) is 0.843. The average Bonchev–Trinajstić information content (AvgIpc) is 3.31. The molecule has 5 aliphatic rings. The molecule has 5 nitrogen and oxygen atoms in total. The van der Waals surface area contributed by atoms with Gasteiger partial charge in [-0.2, -0.15) is 0 Å². The Balaban J connectivity index is 1.61. The molecule has 0 bridgehead atoms. The van der Waals surface area contributed by atoms with Gasteiger partial charge < -0.3 is 14.6 Å². The number of ether oxygens (including phenoxy) is 2. The minimum atomic E-state index is -0.705. The van der Waals surface area contributed by atoms with Crippen molar-refractivity contribution in [3.05, 3.63) is 12.2 Å². The van der Waals surface area contributed by atoms with Crippen LogP contribution in [0.1, 0.15) is 92.9 Å². The van der Waals surface area contributed by atoms with Gasteiger partial charge in [0, 0.05) is 0 Å². The van der Waals surface area contributed by atoms with Crippen LogP contribution in [0.15, 0.2) is 12.2 Å². The lowest BCUT2D eigenvalue weighted by molar-refractivity contribution is -0.229. The highest BCUT2D eigenvalue weighted by Gasteiger charge is 2.76. The number of esters is 2. The van der Waals surface area contributed by atoms with E-state index in [2.05, 4.69) is 48.1 Å². The summed E-state index contributed by atoms with van der Waals surface area (Å²) in [7, 11) is 3.01. The van der Waals surface area contributed by atoms with Gasteiger partial charge in [-0.25, -0.2) is 0 Å². The molecule has 5 aliphatic carbocycles. The van der Waals surface area contributed by atoms with Gasteiger partial charge in [0.15, 0.2) is 0 Å². The van der Waals surface area contributed by atoms with Gasteiger partial charge >= 0.3 is 11.9 Å². The minimum absolute atomic E-state index is 0.0120. The largest absolute Gasteiger partial charge is 0.469 e. The van der Waals surface area contributed by atoms with Gasteiger partial charge in [0.05, 0.1) is 31.7 Å². The van der Waals surface area contributed by atoms with Crippen molar-refractivity contribution in [1.82, 2.24) is 0 Å². The van der Waals surface area contributed by atoms with E-state index in [1.807, 2.05) is 0 Å². The fraction of sp³-hybridized carbons (Fsp3) is 0.875. The quantitative estimate of drug-likeness (QED) is 0.359. The van der Waals surface area contributed by atoms with E-state index < -0.39 is 17.4 Å². The third kappa shape index (κ3) is 3.07. The standard InChI is InChI=1S/C32H50O5/c1-18(2)19-12-15-32(27(35)37-9)17-16-29(5)20(23(19)32)10-11-22-30(29,6)14-13-21-28(3,4)25(33)24(26(34)36-8)31(21,22)7/h19-25,33H,1,10-17H2,2-9H3/t19-,20+,21-,22-,23+,24+,25-,29+,30+,31-,32-/m0/s1. The number of hydrogen-bond acceptors (Lipinski definition) is 5. The SMILES string of the molecule is C=C(C)[C@@H]1CC[C@]2(C(=O)OC)CC[C@]3(C)[C@H](CC[C@@H]4[C@@]5(C)[C@@H](C(=O)OC)[C@H](O)C(C)(C)[C@@H]5CC[C@]43C)[C@@H]12. The van der Waals surface area contributed by atoms with Crippen LogP contribution in [0, 0.1) is 62.6 Å². The second-order valence-electron chi connectivity index (χ2n) is 15.0. The van der Waals surface area contributed by atoms with Crippen LogP contribution in [0.5, 0.6) is 0 Å². The van der Waals surface area contributed by atoms with Gasteiger partial charge in [0.1, 0.15) is 0 Å². The van der Waals surface area contributed by atoms with Gasteiger partial charge in [-0.05, 0) is 110 Å². The number of carbonyl (C=O) groups excluding carboxylic acids is 2. The summed E-state index contributed by atoms with van der Waals surface area (Å²) in [6.07, 6.45) is 7.29. The van der Waals surface area contributed by atoms with Crippen LogP contribution in [0.25, 0.3) is 0 Å². The van der Waals surface area contributed by atoms with E-state index in [0.29, 0.717) is 17.8 Å². The fourth-order valence-corrected chi connectivity index (χ4v) is 12.1. The van der Waals surface area contributed by atoms with Gasteiger partial charge in [0.2, 0.25) is 0 Å². The number of carbonyl (C=O) groups is 2. The molecule has 0 radical (unpaired) electrons. The van der Waals surface area contributed by atoms with Crippen molar-refractivity contribution in [2.24, 2.45) is 62.6 Å². The molecule has 11 atom stereocenters. The van der Waals surface area contributed by atoms with Crippen molar-refractivity contribution >= 4 is 11.9 Å². The highest BCUT2D eigenvalue weighted by molar-refractivity contribution is 5.78. The first kappa shape index (κ1) is 27.2. The van der Waals surface area contributed by atoms with Crippen molar-refractivity contribution in [3.8, 4) is 0 Å². The molecule has 0 amide bonds. The lowest BCUT2D eigenvalue weighted by Crippen LogP contribution is -2.65. The molecule has 208 valence electrons. The molecule has 0 aromatic carbocycles. The molecule has 5 heteroatoms. The molecule has 0 heterocycles. The van der Waals surface area contributed by atoms with Gasteiger partial charge in [-0.3, -0.25) is 9.59 Å². The molecular weight excluding hydrogens is 464 g/mol. The summed E-state index contributed by atoms with van der Waals surface area (Å²) in [6.45, 7) is 18.1. The molecule has 5 saturated carbocycles. The Morgan fingerprint density at radius 3 is 2.11 bits per heavy atom. The molecule has 0 aromatic rings. The average molecular weight is 515 g/mol. The summed E-state index contributed by atoms with van der Waals surface area (Å²) < 4.78 is 10.8. The smallest absolute Gasteiger partial charge is 0.312 e. The fourth-order valence-electron chi connectivity index (χ4n) is 12.1. The number of hydrogen-bond donors (Lipinski definition) is 1. The molecule has 1 N–H and O–H groups in total. The van der Waals surface area contributed by atoms with Gasteiger partial charge in [-0.15, -0.1) is 0 Å². The molecule has 5 fully saturated rings. The van der Waals surface area contributed by atoms with Crippen LogP contribution < -0.4 is 0 Å². The molecule has 0 saturated heterocycles. The number of aliphatic hydroxyl groups excluding tert-OH is 1. The molecule has 0 spiro atoms. The maximum absolute atomic E-state index is 13.4. The van der Waals surface area contributed by atoms with E-state index in [1.165, 1.54) is 12.7 Å². The third-order valence-electron chi connectivity index (χ3n) is 13.9. The van der Waals surface area contributed by atoms with Crippen molar-refractivity contribution in [2.75, 3.05) is 14.2 Å². The minimum Gasteiger partial charge on any atom is -0.469 e. The number of fused-ring (bicyclic) bond motifs is 7. The second-order valence-corrected chi connectivity index (χ2v) is 15.0. The van der Waals surface area contributed by atoms with Crippen molar-refractivity contribution in [3.63, 3.8) is 0 Å². The summed E-state index contributed by atoms with van der Waals surface area (Å²) in [5, 5.41) is 11.6. The summed E-state index contributed by atoms with van der Waals surface area (Å²) in [4.78, 5) is 26.7. The Morgan fingerprint density at radius 1 is 0.838 bits per heavy atom. The zero-order chi connectivity index (χ0) is 27.3. The monoisotopic (exact) mass is 514 g/mol. The molecule has 0 aromatic heterocycles. The summed E-state index contributed by atoms with van der Waals surface area (Å²) in [6, 6.07) is 0. The second kappa shape index (κ2) is 8.32. The lowest BCUT2D eigenvalue weighted by atomic mass is 9.34. The highest BCUT2D eigenvalue weighted by atomic mass is 16.5. The first-order valence-corrected chi connectivity index (χ1v) is 14.7. The van der Waals surface area contributed by atoms with Crippen molar-refractivity contribution < 1.29 is 24.2 Å². The number of rotatable bonds is 3. The Bertz CT molecular complexity index is 1000. The maximum atomic E-state index is 13.4. The zero-order valence-corrected chi connectivity index (χ0v) is 24.5. The first-order chi connectivity index (χ1) is 17.2. The van der Waals surface area contributed by atoms with Crippen LogP contribution in [0.4, 0.5) is 0 Å². The molecule has 37 heavy (non-hydrogen) atoms. The van der Waals surface area contributed by atoms with Crippen LogP contribution >= 0.6 is 0 Å². The number of allylic oxidation sites excluding steroid dienone is 1. The topological polar surface area (TPSA) is 72.8 Å². The molecule has 0 aliphatic heterocycles. The van der Waals surface area contributed by atoms with Gasteiger partial charge in [0.25, 0.3) is 0 Å². The van der Waals surface area contributed by atoms with Crippen LogP contribution in [-0.4, -0.2) is 37.4 Å². The van der Waals surface area contributed by atoms with E-state index in [1.54, 1.807) is 7.11 Å². The first-order valence-electron chi connectivity index (χ1n) is 14.7. The summed E-state index contributed by atoms with van der Waals surface area (Å²) in [5.41, 5.74) is 0.204. The summed E-state index contributed by atoms with van der Waals surface area (Å²) >= 11 is 0. The Labute approximate surface area is 224 Å². The highest BCUT2D eigenvalue weighted by Crippen LogP contribution is 2.79. The molecule has 5 rings (SSSR count). The van der Waals surface area contributed by atoms with Crippen LogP contribution in [0.3, 0.4) is 0 Å². The van der Waals surface area contributed by atoms with Crippen LogP contribution in [-0.2, 0) is 19.1 Å². The number of aliphatic hydroxyl groups is 1. The maximum Gasteiger partial charge on any atom is 0.312 e. The normalized spacial score (nSPS) is 51.8. The van der Waals surface area contributed by atoms with E-state index >= 15 is 0 Å².